The maximum Gasteiger partial charge on any atom is 0.224 e. The molecule has 2 aromatic rings. The molecule has 1 N–H and O–H groups in total. The zero-order valence-corrected chi connectivity index (χ0v) is 14.2. The number of carbonyl (C=O) groups is 1. The van der Waals surface area contributed by atoms with Crippen LogP contribution in [0.2, 0.25) is 5.02 Å². The molecule has 0 atom stereocenters. The molecule has 0 fully saturated rings. The van der Waals surface area contributed by atoms with E-state index in [0.29, 0.717) is 42.7 Å². The number of benzene rings is 1. The first kappa shape index (κ1) is 16.0. The van der Waals surface area contributed by atoms with E-state index in [1.54, 1.807) is 12.1 Å². The SMILES string of the molecule is Cc1nnc(CCNC(=O)Cc2cc3c(cc2Cl)OCCO3)s1. The maximum atomic E-state index is 12.1. The molecule has 0 spiro atoms. The Morgan fingerprint density at radius 2 is 2.04 bits per heavy atom. The Balaban J connectivity index is 1.55. The van der Waals surface area contributed by atoms with Crippen LogP contribution in [-0.4, -0.2) is 35.9 Å². The van der Waals surface area contributed by atoms with Crippen LogP contribution in [0.1, 0.15) is 15.6 Å². The summed E-state index contributed by atoms with van der Waals surface area (Å²) in [6.07, 6.45) is 0.872. The van der Waals surface area contributed by atoms with Crippen molar-refractivity contribution >= 4 is 28.8 Å². The molecule has 1 amide bonds. The molecule has 1 aromatic heterocycles. The Morgan fingerprint density at radius 3 is 2.74 bits per heavy atom. The first-order valence-corrected chi connectivity index (χ1v) is 8.45. The topological polar surface area (TPSA) is 73.3 Å². The summed E-state index contributed by atoms with van der Waals surface area (Å²) < 4.78 is 11.0. The lowest BCUT2D eigenvalue weighted by molar-refractivity contribution is -0.120. The first-order valence-electron chi connectivity index (χ1n) is 7.25. The summed E-state index contributed by atoms with van der Waals surface area (Å²) in [5.41, 5.74) is 0.722. The number of carbonyl (C=O) groups excluding carboxylic acids is 1. The predicted octanol–water partition coefficient (Wildman–Crippen LogP) is 2.17. The van der Waals surface area contributed by atoms with Crippen LogP contribution < -0.4 is 14.8 Å². The molecule has 0 radical (unpaired) electrons. The Morgan fingerprint density at radius 1 is 1.30 bits per heavy atom. The number of ether oxygens (including phenoxy) is 2. The van der Waals surface area contributed by atoms with Crippen LogP contribution in [0.4, 0.5) is 0 Å². The van der Waals surface area contributed by atoms with E-state index in [1.807, 2.05) is 6.92 Å². The molecule has 8 heteroatoms. The molecule has 0 unspecified atom stereocenters. The Labute approximate surface area is 142 Å². The molecule has 23 heavy (non-hydrogen) atoms. The van der Waals surface area contributed by atoms with Crippen molar-refractivity contribution in [2.45, 2.75) is 19.8 Å². The monoisotopic (exact) mass is 353 g/mol. The number of hydrogen-bond donors (Lipinski definition) is 1. The Bertz CT molecular complexity index is 720. The zero-order chi connectivity index (χ0) is 16.2. The second-order valence-electron chi connectivity index (χ2n) is 5.08. The van der Waals surface area contributed by atoms with Crippen LogP contribution in [0.5, 0.6) is 11.5 Å². The van der Waals surface area contributed by atoms with Crippen molar-refractivity contribution in [1.82, 2.24) is 15.5 Å². The lowest BCUT2D eigenvalue weighted by Gasteiger charge is -2.19. The predicted molar refractivity (Wildman–Crippen MR) is 87.5 cm³/mol. The lowest BCUT2D eigenvalue weighted by Crippen LogP contribution is -2.27. The molecule has 6 nitrogen and oxygen atoms in total. The maximum absolute atomic E-state index is 12.1. The van der Waals surface area contributed by atoms with Crippen molar-refractivity contribution in [3.05, 3.63) is 32.7 Å². The second-order valence-corrected chi connectivity index (χ2v) is 6.75. The van der Waals surface area contributed by atoms with Gasteiger partial charge in [-0.2, -0.15) is 0 Å². The molecular weight excluding hydrogens is 338 g/mol. The highest BCUT2D eigenvalue weighted by Crippen LogP contribution is 2.35. The Kier molecular flexibility index (Phi) is 4.97. The van der Waals surface area contributed by atoms with E-state index >= 15 is 0 Å². The largest absolute Gasteiger partial charge is 0.486 e. The van der Waals surface area contributed by atoms with Crippen LogP contribution in [0.15, 0.2) is 12.1 Å². The fraction of sp³-hybridized carbons (Fsp3) is 0.400. The van der Waals surface area contributed by atoms with E-state index in [0.717, 1.165) is 15.6 Å². The Hall–Kier alpha value is -1.86. The highest BCUT2D eigenvalue weighted by Gasteiger charge is 2.16. The summed E-state index contributed by atoms with van der Waals surface area (Å²) in [7, 11) is 0. The average molecular weight is 354 g/mol. The van der Waals surface area contributed by atoms with Crippen molar-refractivity contribution in [2.75, 3.05) is 19.8 Å². The van der Waals surface area contributed by atoms with Crippen LogP contribution in [0, 0.1) is 6.92 Å². The van der Waals surface area contributed by atoms with Gasteiger partial charge in [0.2, 0.25) is 5.91 Å². The van der Waals surface area contributed by atoms with Gasteiger partial charge in [0.1, 0.15) is 23.2 Å². The van der Waals surface area contributed by atoms with E-state index in [9.17, 15) is 4.79 Å². The number of nitrogens with zero attached hydrogens (tertiary/aromatic N) is 2. The van der Waals surface area contributed by atoms with Crippen molar-refractivity contribution in [1.29, 1.82) is 0 Å². The number of aromatic nitrogens is 2. The summed E-state index contributed by atoms with van der Waals surface area (Å²) in [5.74, 6) is 1.16. The van der Waals surface area contributed by atoms with E-state index in [-0.39, 0.29) is 12.3 Å². The highest BCUT2D eigenvalue weighted by molar-refractivity contribution is 7.11. The van der Waals surface area contributed by atoms with Crippen molar-refractivity contribution in [3.63, 3.8) is 0 Å². The minimum atomic E-state index is -0.0928. The molecule has 122 valence electrons. The number of hydrogen-bond acceptors (Lipinski definition) is 6. The van der Waals surface area contributed by atoms with Gasteiger partial charge in [0, 0.05) is 24.1 Å². The highest BCUT2D eigenvalue weighted by atomic mass is 35.5. The van der Waals surface area contributed by atoms with Crippen LogP contribution in [-0.2, 0) is 17.6 Å². The van der Waals surface area contributed by atoms with Gasteiger partial charge in [0.05, 0.1) is 6.42 Å². The van der Waals surface area contributed by atoms with E-state index < -0.39 is 0 Å². The molecule has 1 aromatic carbocycles. The fourth-order valence-corrected chi connectivity index (χ4v) is 3.15. The van der Waals surface area contributed by atoms with Gasteiger partial charge in [-0.25, -0.2) is 0 Å². The standard InChI is InChI=1S/C15H16ClN3O3S/c1-9-18-19-15(23-9)2-3-17-14(20)7-10-6-12-13(8-11(10)16)22-5-4-21-12/h6,8H,2-5,7H2,1H3,(H,17,20). The van der Waals surface area contributed by atoms with Gasteiger partial charge in [-0.15, -0.1) is 21.5 Å². The third kappa shape index (κ3) is 4.11. The molecular formula is C15H16ClN3O3S. The van der Waals surface area contributed by atoms with Gasteiger partial charge >= 0.3 is 0 Å². The molecule has 0 aliphatic carbocycles. The molecule has 0 bridgehead atoms. The van der Waals surface area contributed by atoms with E-state index in [2.05, 4.69) is 15.5 Å². The lowest BCUT2D eigenvalue weighted by atomic mass is 10.1. The van der Waals surface area contributed by atoms with E-state index in [4.69, 9.17) is 21.1 Å². The summed E-state index contributed by atoms with van der Waals surface area (Å²) in [5, 5.41) is 13.2. The number of amides is 1. The van der Waals surface area contributed by atoms with Crippen LogP contribution in [0.25, 0.3) is 0 Å². The number of rotatable bonds is 5. The van der Waals surface area contributed by atoms with Gasteiger partial charge in [0.15, 0.2) is 11.5 Å². The van der Waals surface area contributed by atoms with Crippen LogP contribution in [0.3, 0.4) is 0 Å². The first-order chi connectivity index (χ1) is 11.1. The van der Waals surface area contributed by atoms with Gasteiger partial charge in [-0.3, -0.25) is 4.79 Å². The summed E-state index contributed by atoms with van der Waals surface area (Å²) in [4.78, 5) is 12.1. The number of aryl methyl sites for hydroxylation is 1. The number of nitrogens with one attached hydrogen (secondary N) is 1. The third-order valence-electron chi connectivity index (χ3n) is 3.29. The van der Waals surface area contributed by atoms with Crippen molar-refractivity contribution in [2.24, 2.45) is 0 Å². The van der Waals surface area contributed by atoms with Gasteiger partial charge < -0.3 is 14.8 Å². The zero-order valence-electron chi connectivity index (χ0n) is 12.6. The van der Waals surface area contributed by atoms with Gasteiger partial charge in [0.25, 0.3) is 0 Å². The molecule has 3 rings (SSSR count). The molecule has 0 saturated carbocycles. The normalized spacial score (nSPS) is 13.0. The quantitative estimate of drug-likeness (QED) is 0.891. The van der Waals surface area contributed by atoms with Gasteiger partial charge in [-0.05, 0) is 18.6 Å². The molecule has 2 heterocycles. The minimum absolute atomic E-state index is 0.0928. The summed E-state index contributed by atoms with van der Waals surface area (Å²) in [6.45, 7) is 3.44. The molecule has 1 aliphatic rings. The fourth-order valence-electron chi connectivity index (χ4n) is 2.22. The summed E-state index contributed by atoms with van der Waals surface area (Å²) >= 11 is 7.74. The number of halogens is 1. The van der Waals surface area contributed by atoms with Crippen LogP contribution >= 0.6 is 22.9 Å². The van der Waals surface area contributed by atoms with Crippen molar-refractivity contribution < 1.29 is 14.3 Å². The molecule has 0 saturated heterocycles. The van der Waals surface area contributed by atoms with Crippen molar-refractivity contribution in [3.8, 4) is 11.5 Å². The summed E-state index contributed by atoms with van der Waals surface area (Å²) in [6, 6.07) is 3.47. The average Bonchev–Trinajstić information content (AvgIpc) is 2.93. The smallest absolute Gasteiger partial charge is 0.224 e. The number of fused-ring (bicyclic) bond motifs is 1. The molecule has 1 aliphatic heterocycles. The van der Waals surface area contributed by atoms with Gasteiger partial charge in [-0.1, -0.05) is 11.6 Å². The van der Waals surface area contributed by atoms with E-state index in [1.165, 1.54) is 11.3 Å². The minimum Gasteiger partial charge on any atom is -0.486 e. The second kappa shape index (κ2) is 7.14. The third-order valence-corrected chi connectivity index (χ3v) is 4.54.